The zero-order chi connectivity index (χ0) is 46.0. The molecule has 0 aromatic heterocycles. The van der Waals surface area contributed by atoms with Gasteiger partial charge >= 0.3 is 0 Å². The Balaban J connectivity index is 1.32. The summed E-state index contributed by atoms with van der Waals surface area (Å²) in [5, 5.41) is 0. The van der Waals surface area contributed by atoms with E-state index in [0.717, 1.165) is 12.8 Å². The Morgan fingerprint density at radius 1 is 0.462 bits per heavy atom. The largest absolute Gasteiger partial charge is 0.311 e. The van der Waals surface area contributed by atoms with Crippen LogP contribution in [0.3, 0.4) is 0 Å². The maximum atomic E-state index is 2.69. The first-order valence-electron chi connectivity index (χ1n) is 24.2. The summed E-state index contributed by atoms with van der Waals surface area (Å²) in [6.45, 7) is 30.7. The van der Waals surface area contributed by atoms with Gasteiger partial charge in [-0.1, -0.05) is 175 Å². The van der Waals surface area contributed by atoms with Crippen molar-refractivity contribution in [2.45, 2.75) is 125 Å². The van der Waals surface area contributed by atoms with E-state index in [4.69, 9.17) is 0 Å². The SMILES string of the molecule is CC(C)c1cc2c3c(c1)N(c1ccc(C(C)(C)C)cc1-c1cccc(-c4ccccc4)c1)c1cc4c(cc1B3c1cc(C(C)(C)C)ccc1N2c1ccc(C(C)(C)C)cc1)CC(C)(C)C4. The predicted octanol–water partition coefficient (Wildman–Crippen LogP) is 15.2. The van der Waals surface area contributed by atoms with Crippen LogP contribution in [0.15, 0.2) is 140 Å². The Hall–Kier alpha value is -5.80. The van der Waals surface area contributed by atoms with E-state index < -0.39 is 0 Å². The summed E-state index contributed by atoms with van der Waals surface area (Å²) >= 11 is 0. The summed E-state index contributed by atoms with van der Waals surface area (Å²) in [6, 6.07) is 54.6. The van der Waals surface area contributed by atoms with Crippen LogP contribution in [0.4, 0.5) is 34.1 Å². The number of anilines is 6. The molecular weight excluding hydrogens is 784 g/mol. The lowest BCUT2D eigenvalue weighted by Gasteiger charge is -2.45. The molecule has 328 valence electrons. The second-order valence-corrected chi connectivity index (χ2v) is 23.7. The molecule has 7 aromatic carbocycles. The quantitative estimate of drug-likeness (QED) is 0.159. The minimum absolute atomic E-state index is 0.0116. The molecule has 0 N–H and O–H groups in total. The predicted molar refractivity (Wildman–Crippen MR) is 283 cm³/mol. The molecule has 1 aliphatic carbocycles. The Labute approximate surface area is 390 Å². The van der Waals surface area contributed by atoms with Gasteiger partial charge in [0.15, 0.2) is 0 Å². The Bertz CT molecular complexity index is 2990. The fraction of sp³-hybridized carbons (Fsp3) is 0.323. The Kier molecular flexibility index (Phi) is 10.0. The molecule has 0 spiro atoms. The number of rotatable bonds is 5. The summed E-state index contributed by atoms with van der Waals surface area (Å²) in [5.41, 5.74) is 25.3. The zero-order valence-corrected chi connectivity index (χ0v) is 41.2. The van der Waals surface area contributed by atoms with Gasteiger partial charge in [-0.2, -0.15) is 0 Å². The molecule has 3 heteroatoms. The highest BCUT2D eigenvalue weighted by Gasteiger charge is 2.46. The van der Waals surface area contributed by atoms with E-state index in [1.54, 1.807) is 0 Å². The normalized spacial score (nSPS) is 15.2. The molecule has 2 nitrogen and oxygen atoms in total. The van der Waals surface area contributed by atoms with E-state index in [2.05, 4.69) is 239 Å². The molecule has 2 heterocycles. The highest BCUT2D eigenvalue weighted by atomic mass is 15.2. The fourth-order valence-corrected chi connectivity index (χ4v) is 11.0. The first kappa shape index (κ1) is 43.1. The Morgan fingerprint density at radius 2 is 1.00 bits per heavy atom. The van der Waals surface area contributed by atoms with Crippen LogP contribution in [0.25, 0.3) is 22.3 Å². The van der Waals surface area contributed by atoms with E-state index in [1.807, 2.05) is 0 Å². The lowest BCUT2D eigenvalue weighted by atomic mass is 9.33. The lowest BCUT2D eigenvalue weighted by Crippen LogP contribution is -2.61. The van der Waals surface area contributed by atoms with E-state index in [-0.39, 0.29) is 28.4 Å². The zero-order valence-electron chi connectivity index (χ0n) is 41.2. The van der Waals surface area contributed by atoms with E-state index in [0.29, 0.717) is 5.92 Å². The molecule has 65 heavy (non-hydrogen) atoms. The van der Waals surface area contributed by atoms with Gasteiger partial charge in [-0.3, -0.25) is 0 Å². The molecule has 0 bridgehead atoms. The second kappa shape index (κ2) is 15.1. The van der Waals surface area contributed by atoms with Crippen molar-refractivity contribution in [2.75, 3.05) is 9.80 Å². The van der Waals surface area contributed by atoms with Crippen molar-refractivity contribution in [3.8, 4) is 22.3 Å². The molecule has 0 radical (unpaired) electrons. The highest BCUT2D eigenvalue weighted by Crippen LogP contribution is 2.50. The summed E-state index contributed by atoms with van der Waals surface area (Å²) < 4.78 is 0. The van der Waals surface area contributed by atoms with Gasteiger partial charge in [-0.05, 0) is 161 Å². The van der Waals surface area contributed by atoms with Gasteiger partial charge in [-0.25, -0.2) is 0 Å². The van der Waals surface area contributed by atoms with Crippen molar-refractivity contribution in [2.24, 2.45) is 5.41 Å². The second-order valence-electron chi connectivity index (χ2n) is 23.7. The van der Waals surface area contributed by atoms with Crippen LogP contribution >= 0.6 is 0 Å². The van der Waals surface area contributed by atoms with E-state index in [1.165, 1.54) is 106 Å². The third-order valence-electron chi connectivity index (χ3n) is 14.7. The molecule has 0 amide bonds. The minimum atomic E-state index is -0.0319. The van der Waals surface area contributed by atoms with Crippen molar-refractivity contribution in [3.63, 3.8) is 0 Å². The number of nitrogens with zero attached hydrogens (tertiary/aromatic N) is 2. The molecule has 0 unspecified atom stereocenters. The average molecular weight is 851 g/mol. The van der Waals surface area contributed by atoms with Crippen LogP contribution < -0.4 is 26.2 Å². The molecule has 0 saturated heterocycles. The van der Waals surface area contributed by atoms with Crippen molar-refractivity contribution in [1.82, 2.24) is 0 Å². The maximum Gasteiger partial charge on any atom is 0.252 e. The monoisotopic (exact) mass is 851 g/mol. The first-order valence-corrected chi connectivity index (χ1v) is 24.2. The average Bonchev–Trinajstić information content (AvgIpc) is 3.57. The fourth-order valence-electron chi connectivity index (χ4n) is 11.0. The number of benzene rings is 7. The van der Waals surface area contributed by atoms with Crippen LogP contribution in [0.2, 0.25) is 0 Å². The van der Waals surface area contributed by atoms with Gasteiger partial charge in [0, 0.05) is 34.0 Å². The summed E-state index contributed by atoms with van der Waals surface area (Å²) in [6.07, 6.45) is 2.17. The summed E-state index contributed by atoms with van der Waals surface area (Å²) in [4.78, 5) is 5.29. The standard InChI is InChI=1S/C62H67BN2/c1-39(2)43-32-56-58-57(33-43)65(53-28-24-47(60(6,7)8)35-50(53)42-21-17-20-41(30-42)40-18-15-14-16-19-40)55-34-45-38-62(12,13)37-44(45)31-51(55)63(58)52-36-48(61(9,10)11)25-29-54(52)64(56)49-26-22-46(23-27-49)59(3,4)5/h14-36,39H,37-38H2,1-13H3. The molecule has 0 fully saturated rings. The molecule has 0 saturated carbocycles. The van der Waals surface area contributed by atoms with Crippen molar-refractivity contribution in [1.29, 1.82) is 0 Å². The van der Waals surface area contributed by atoms with Crippen LogP contribution in [0, 0.1) is 5.41 Å². The third-order valence-corrected chi connectivity index (χ3v) is 14.7. The highest BCUT2D eigenvalue weighted by molar-refractivity contribution is 7.00. The summed E-state index contributed by atoms with van der Waals surface area (Å²) in [5.74, 6) is 0.319. The molecule has 7 aromatic rings. The maximum absolute atomic E-state index is 2.69. The molecular formula is C62H67BN2. The number of hydrogen-bond donors (Lipinski definition) is 0. The van der Waals surface area contributed by atoms with E-state index in [9.17, 15) is 0 Å². The topological polar surface area (TPSA) is 6.48 Å². The van der Waals surface area contributed by atoms with E-state index >= 15 is 0 Å². The smallest absolute Gasteiger partial charge is 0.252 e. The van der Waals surface area contributed by atoms with Gasteiger partial charge < -0.3 is 9.80 Å². The van der Waals surface area contributed by atoms with Crippen LogP contribution in [-0.4, -0.2) is 6.71 Å². The third kappa shape index (κ3) is 7.54. The van der Waals surface area contributed by atoms with Gasteiger partial charge in [-0.15, -0.1) is 0 Å². The molecule has 0 atom stereocenters. The minimum Gasteiger partial charge on any atom is -0.311 e. The van der Waals surface area contributed by atoms with Crippen LogP contribution in [-0.2, 0) is 29.1 Å². The van der Waals surface area contributed by atoms with Crippen molar-refractivity contribution < 1.29 is 0 Å². The van der Waals surface area contributed by atoms with Crippen molar-refractivity contribution in [3.05, 3.63) is 173 Å². The van der Waals surface area contributed by atoms with Crippen LogP contribution in [0.5, 0.6) is 0 Å². The summed E-state index contributed by atoms with van der Waals surface area (Å²) in [7, 11) is 0. The molecule has 10 rings (SSSR count). The lowest BCUT2D eigenvalue weighted by molar-refractivity contribution is 0.392. The Morgan fingerprint density at radius 3 is 1.63 bits per heavy atom. The first-order chi connectivity index (χ1) is 30.7. The molecule has 3 aliphatic rings. The van der Waals surface area contributed by atoms with Gasteiger partial charge in [0.25, 0.3) is 6.71 Å². The molecule has 2 aliphatic heterocycles. The number of fused-ring (bicyclic) bond motifs is 5. The van der Waals surface area contributed by atoms with Gasteiger partial charge in [0.05, 0.1) is 5.69 Å². The van der Waals surface area contributed by atoms with Gasteiger partial charge in [0.2, 0.25) is 0 Å². The van der Waals surface area contributed by atoms with Gasteiger partial charge in [0.1, 0.15) is 0 Å². The van der Waals surface area contributed by atoms with Crippen molar-refractivity contribution >= 4 is 57.2 Å². The number of hydrogen-bond acceptors (Lipinski definition) is 2. The van der Waals surface area contributed by atoms with Crippen LogP contribution in [0.1, 0.15) is 129 Å².